The van der Waals surface area contributed by atoms with E-state index in [4.69, 9.17) is 4.84 Å². The van der Waals surface area contributed by atoms with Crippen LogP contribution in [0.4, 0.5) is 0 Å². The molecule has 0 saturated carbocycles. The molecule has 2 aliphatic rings. The van der Waals surface area contributed by atoms with Crippen LogP contribution in [0.25, 0.3) is 0 Å². The summed E-state index contributed by atoms with van der Waals surface area (Å²) in [5, 5.41) is 1.46. The lowest BCUT2D eigenvalue weighted by molar-refractivity contribution is -0.181. The van der Waals surface area contributed by atoms with Crippen molar-refractivity contribution in [1.82, 2.24) is 5.06 Å². The van der Waals surface area contributed by atoms with Crippen molar-refractivity contribution >= 4 is 11.8 Å². The fraction of sp³-hybridized carbons (Fsp3) is 0.625. The highest BCUT2D eigenvalue weighted by molar-refractivity contribution is 5.94. The van der Waals surface area contributed by atoms with Crippen molar-refractivity contribution in [2.75, 3.05) is 6.54 Å². The van der Waals surface area contributed by atoms with Crippen LogP contribution in [0, 0.1) is 6.04 Å². The summed E-state index contributed by atoms with van der Waals surface area (Å²) in [7, 11) is 0. The largest absolute Gasteiger partial charge is 0.367 e. The van der Waals surface area contributed by atoms with Gasteiger partial charge in [-0.1, -0.05) is 0 Å². The van der Waals surface area contributed by atoms with E-state index in [1.807, 2.05) is 0 Å². The Balaban J connectivity index is 2.15. The Kier molecular flexibility index (Phi) is 1.84. The van der Waals surface area contributed by atoms with Crippen LogP contribution in [-0.4, -0.2) is 23.4 Å². The SMILES string of the molecule is O=C1CCC(=O)[C]2CCCN2O1. The summed E-state index contributed by atoms with van der Waals surface area (Å²) in [4.78, 5) is 27.2. The molecule has 0 amide bonds. The van der Waals surface area contributed by atoms with Crippen molar-refractivity contribution in [3.05, 3.63) is 6.04 Å². The van der Waals surface area contributed by atoms with E-state index in [-0.39, 0.29) is 18.2 Å². The van der Waals surface area contributed by atoms with E-state index in [9.17, 15) is 9.59 Å². The summed E-state index contributed by atoms with van der Waals surface area (Å²) < 4.78 is 0. The average Bonchev–Trinajstić information content (AvgIpc) is 2.44. The number of carbonyl (C=O) groups is 2. The second-order valence-electron chi connectivity index (χ2n) is 3.04. The molecule has 0 aliphatic carbocycles. The second kappa shape index (κ2) is 2.86. The fourth-order valence-corrected chi connectivity index (χ4v) is 1.56. The summed E-state index contributed by atoms with van der Waals surface area (Å²) in [6.45, 7) is 0.673. The zero-order valence-electron chi connectivity index (χ0n) is 6.71. The highest BCUT2D eigenvalue weighted by Crippen LogP contribution is 2.29. The molecule has 4 heteroatoms. The molecule has 0 atom stereocenters. The maximum atomic E-state index is 11.3. The smallest absolute Gasteiger partial charge is 0.325 e. The Morgan fingerprint density at radius 3 is 2.83 bits per heavy atom. The Morgan fingerprint density at radius 1 is 1.17 bits per heavy atom. The van der Waals surface area contributed by atoms with E-state index in [1.54, 1.807) is 0 Å². The third-order valence-corrected chi connectivity index (χ3v) is 2.17. The quantitative estimate of drug-likeness (QED) is 0.526. The number of hydrogen-bond donors (Lipinski definition) is 0. The van der Waals surface area contributed by atoms with Gasteiger partial charge in [0, 0.05) is 13.0 Å². The molecule has 0 aromatic heterocycles. The van der Waals surface area contributed by atoms with Crippen molar-refractivity contribution in [3.63, 3.8) is 0 Å². The van der Waals surface area contributed by atoms with Gasteiger partial charge in [0.1, 0.15) is 6.04 Å². The summed E-state index contributed by atoms with van der Waals surface area (Å²) >= 11 is 0. The van der Waals surface area contributed by atoms with Gasteiger partial charge in [-0.15, -0.1) is 5.06 Å². The maximum Gasteiger partial charge on any atom is 0.325 e. The van der Waals surface area contributed by atoms with E-state index in [2.05, 4.69) is 0 Å². The lowest BCUT2D eigenvalue weighted by Crippen LogP contribution is -2.27. The summed E-state index contributed by atoms with van der Waals surface area (Å²) in [6.07, 6.45) is 2.20. The highest BCUT2D eigenvalue weighted by atomic mass is 16.7. The molecule has 0 spiro atoms. The van der Waals surface area contributed by atoms with Gasteiger partial charge in [-0.3, -0.25) is 9.59 Å². The maximum absolute atomic E-state index is 11.3. The number of Topliss-reactive ketones (excluding diaryl/α,β-unsaturated/α-hetero) is 1. The molecule has 65 valence electrons. The van der Waals surface area contributed by atoms with E-state index in [1.165, 1.54) is 5.06 Å². The molecule has 2 fully saturated rings. The fourth-order valence-electron chi connectivity index (χ4n) is 1.56. The van der Waals surface area contributed by atoms with Gasteiger partial charge < -0.3 is 4.84 Å². The molecule has 2 saturated heterocycles. The number of hydrogen-bond acceptors (Lipinski definition) is 4. The number of carbonyl (C=O) groups excluding carboxylic acids is 2. The first-order valence-corrected chi connectivity index (χ1v) is 4.15. The van der Waals surface area contributed by atoms with Crippen molar-refractivity contribution in [3.8, 4) is 0 Å². The van der Waals surface area contributed by atoms with Crippen LogP contribution >= 0.6 is 0 Å². The molecule has 1 radical (unpaired) electrons. The first-order valence-electron chi connectivity index (χ1n) is 4.15. The number of fused-ring (bicyclic) bond motifs is 1. The van der Waals surface area contributed by atoms with Gasteiger partial charge in [-0.25, -0.2) is 0 Å². The Hall–Kier alpha value is -0.900. The van der Waals surface area contributed by atoms with Crippen LogP contribution in [0.2, 0.25) is 0 Å². The average molecular weight is 168 g/mol. The van der Waals surface area contributed by atoms with Gasteiger partial charge in [0.2, 0.25) is 0 Å². The van der Waals surface area contributed by atoms with Gasteiger partial charge >= 0.3 is 5.97 Å². The van der Waals surface area contributed by atoms with Gasteiger partial charge in [0.05, 0.1) is 6.42 Å². The zero-order chi connectivity index (χ0) is 8.55. The topological polar surface area (TPSA) is 46.6 Å². The van der Waals surface area contributed by atoms with Crippen molar-refractivity contribution in [2.24, 2.45) is 0 Å². The summed E-state index contributed by atoms with van der Waals surface area (Å²) in [6, 6.07) is 0.681. The summed E-state index contributed by atoms with van der Waals surface area (Å²) in [5.41, 5.74) is 0. The molecule has 0 aromatic rings. The van der Waals surface area contributed by atoms with Crippen molar-refractivity contribution in [1.29, 1.82) is 0 Å². The Labute approximate surface area is 70.4 Å². The molecular formula is C8H10NO3. The molecule has 12 heavy (non-hydrogen) atoms. The monoisotopic (exact) mass is 168 g/mol. The van der Waals surface area contributed by atoms with Crippen LogP contribution in [0.3, 0.4) is 0 Å². The number of rotatable bonds is 0. The molecule has 2 rings (SSSR count). The Morgan fingerprint density at radius 2 is 2.00 bits per heavy atom. The number of nitrogens with zero attached hydrogens (tertiary/aromatic N) is 1. The Bertz CT molecular complexity index is 226. The summed E-state index contributed by atoms with van der Waals surface area (Å²) in [5.74, 6) is -0.224. The molecular weight excluding hydrogens is 158 g/mol. The number of ketones is 1. The molecule has 0 bridgehead atoms. The molecule has 2 heterocycles. The minimum Gasteiger partial charge on any atom is -0.367 e. The van der Waals surface area contributed by atoms with Crippen LogP contribution in [0.5, 0.6) is 0 Å². The van der Waals surface area contributed by atoms with E-state index in [0.717, 1.165) is 12.8 Å². The van der Waals surface area contributed by atoms with E-state index in [0.29, 0.717) is 19.0 Å². The first-order chi connectivity index (χ1) is 5.77. The number of hydroxylamine groups is 2. The van der Waals surface area contributed by atoms with Crippen molar-refractivity contribution < 1.29 is 14.4 Å². The standard InChI is InChI=1S/C8H10NO3/c10-7-3-4-8(11)12-9-5-1-2-6(7)9/h1-5H2. The molecule has 2 aliphatic heterocycles. The van der Waals surface area contributed by atoms with Gasteiger partial charge in [0.15, 0.2) is 5.78 Å². The van der Waals surface area contributed by atoms with E-state index >= 15 is 0 Å². The predicted octanol–water partition coefficient (Wildman–Crippen LogP) is 0.435. The molecule has 4 nitrogen and oxygen atoms in total. The highest BCUT2D eigenvalue weighted by Gasteiger charge is 2.37. The molecule has 0 N–H and O–H groups in total. The lowest BCUT2D eigenvalue weighted by Gasteiger charge is -2.16. The lowest BCUT2D eigenvalue weighted by atomic mass is 10.1. The minimum atomic E-state index is -0.291. The molecule has 0 aromatic carbocycles. The predicted molar refractivity (Wildman–Crippen MR) is 39.5 cm³/mol. The van der Waals surface area contributed by atoms with Crippen LogP contribution in [0.15, 0.2) is 0 Å². The van der Waals surface area contributed by atoms with Gasteiger partial charge in [-0.2, -0.15) is 0 Å². The molecule has 0 unspecified atom stereocenters. The third kappa shape index (κ3) is 1.22. The van der Waals surface area contributed by atoms with Gasteiger partial charge in [-0.05, 0) is 12.8 Å². The van der Waals surface area contributed by atoms with Crippen LogP contribution in [0.1, 0.15) is 25.7 Å². The van der Waals surface area contributed by atoms with E-state index < -0.39 is 0 Å². The van der Waals surface area contributed by atoms with Crippen molar-refractivity contribution in [2.45, 2.75) is 25.7 Å². The van der Waals surface area contributed by atoms with Gasteiger partial charge in [0.25, 0.3) is 0 Å². The second-order valence-corrected chi connectivity index (χ2v) is 3.04. The van der Waals surface area contributed by atoms with Crippen LogP contribution in [-0.2, 0) is 14.4 Å². The third-order valence-electron chi connectivity index (χ3n) is 2.17. The van der Waals surface area contributed by atoms with Crippen LogP contribution < -0.4 is 0 Å². The first kappa shape index (κ1) is 7.73. The normalized spacial score (nSPS) is 26.7. The minimum absolute atomic E-state index is 0.0679. The zero-order valence-corrected chi connectivity index (χ0v) is 6.71.